The molecular formula is C14H22ClN3O. The van der Waals surface area contributed by atoms with E-state index in [1.54, 1.807) is 0 Å². The van der Waals surface area contributed by atoms with E-state index in [1.165, 1.54) is 19.3 Å². The van der Waals surface area contributed by atoms with E-state index in [4.69, 9.17) is 16.3 Å². The molecule has 1 atom stereocenters. The molecule has 0 aromatic carbocycles. The normalized spacial score (nSPS) is 19.7. The van der Waals surface area contributed by atoms with Crippen molar-refractivity contribution in [1.82, 2.24) is 9.97 Å². The van der Waals surface area contributed by atoms with Crippen LogP contribution in [0, 0.1) is 5.92 Å². The Balaban J connectivity index is 2.11. The number of piperidine rings is 1. The summed E-state index contributed by atoms with van der Waals surface area (Å²) in [6, 6.07) is 1.86. The fourth-order valence-corrected chi connectivity index (χ4v) is 2.67. The highest BCUT2D eigenvalue weighted by Gasteiger charge is 2.20. The van der Waals surface area contributed by atoms with Crippen LogP contribution >= 0.6 is 11.6 Å². The Morgan fingerprint density at radius 1 is 1.42 bits per heavy atom. The molecule has 0 amide bonds. The Hall–Kier alpha value is -0.870. The maximum absolute atomic E-state index is 6.09. The van der Waals surface area contributed by atoms with Crippen LogP contribution in [0.1, 0.15) is 38.9 Å². The van der Waals surface area contributed by atoms with Crippen LogP contribution in [0.15, 0.2) is 6.07 Å². The molecule has 2 heterocycles. The number of rotatable bonds is 5. The minimum Gasteiger partial charge on any atom is -0.374 e. The van der Waals surface area contributed by atoms with Crippen LogP contribution in [0.3, 0.4) is 0 Å². The first kappa shape index (κ1) is 14.5. The van der Waals surface area contributed by atoms with Crippen molar-refractivity contribution in [2.45, 2.75) is 39.7 Å². The lowest BCUT2D eigenvalue weighted by Crippen LogP contribution is -2.35. The number of anilines is 1. The third kappa shape index (κ3) is 4.05. The van der Waals surface area contributed by atoms with Crippen LogP contribution in [-0.4, -0.2) is 29.7 Å². The highest BCUT2D eigenvalue weighted by Crippen LogP contribution is 2.25. The largest absolute Gasteiger partial charge is 0.374 e. The molecule has 1 fully saturated rings. The zero-order valence-electron chi connectivity index (χ0n) is 11.7. The van der Waals surface area contributed by atoms with Gasteiger partial charge in [0.25, 0.3) is 0 Å². The van der Waals surface area contributed by atoms with Crippen LogP contribution in [0.4, 0.5) is 5.82 Å². The van der Waals surface area contributed by atoms with Crippen molar-refractivity contribution in [2.24, 2.45) is 5.92 Å². The van der Waals surface area contributed by atoms with Crippen LogP contribution in [0.25, 0.3) is 0 Å². The monoisotopic (exact) mass is 283 g/mol. The van der Waals surface area contributed by atoms with Gasteiger partial charge in [-0.3, -0.25) is 0 Å². The molecule has 1 aromatic rings. The summed E-state index contributed by atoms with van der Waals surface area (Å²) < 4.78 is 5.36. The summed E-state index contributed by atoms with van der Waals surface area (Å²) in [6.07, 6.45) is 3.76. The van der Waals surface area contributed by atoms with Crippen molar-refractivity contribution >= 4 is 17.4 Å². The third-order valence-corrected chi connectivity index (χ3v) is 3.78. The number of halogens is 1. The molecule has 0 spiro atoms. The summed E-state index contributed by atoms with van der Waals surface area (Å²) in [5.41, 5.74) is 0. The van der Waals surface area contributed by atoms with Gasteiger partial charge in [-0.25, -0.2) is 9.97 Å². The van der Waals surface area contributed by atoms with E-state index in [-0.39, 0.29) is 0 Å². The summed E-state index contributed by atoms with van der Waals surface area (Å²) in [6.45, 7) is 7.42. The topological polar surface area (TPSA) is 38.2 Å². The lowest BCUT2D eigenvalue weighted by molar-refractivity contribution is 0.128. The maximum Gasteiger partial charge on any atom is 0.158 e. The maximum atomic E-state index is 6.09. The minimum absolute atomic E-state index is 0.426. The number of hydrogen-bond donors (Lipinski definition) is 0. The van der Waals surface area contributed by atoms with Gasteiger partial charge in [0.2, 0.25) is 0 Å². The van der Waals surface area contributed by atoms with E-state index in [0.29, 0.717) is 24.2 Å². The van der Waals surface area contributed by atoms with Gasteiger partial charge in [-0.2, -0.15) is 0 Å². The molecule has 1 saturated heterocycles. The van der Waals surface area contributed by atoms with Crippen molar-refractivity contribution < 1.29 is 4.74 Å². The molecule has 1 aliphatic rings. The first-order valence-corrected chi connectivity index (χ1v) is 7.46. The minimum atomic E-state index is 0.426. The molecule has 0 bridgehead atoms. The summed E-state index contributed by atoms with van der Waals surface area (Å²) in [5.74, 6) is 2.37. The van der Waals surface area contributed by atoms with E-state index in [1.807, 2.05) is 13.0 Å². The number of ether oxygens (including phenoxy) is 1. The third-order valence-electron chi connectivity index (χ3n) is 3.58. The van der Waals surface area contributed by atoms with Crippen molar-refractivity contribution in [3.8, 4) is 0 Å². The molecule has 0 N–H and O–H groups in total. The zero-order chi connectivity index (χ0) is 13.7. The Morgan fingerprint density at radius 3 is 3.00 bits per heavy atom. The molecule has 2 rings (SSSR count). The van der Waals surface area contributed by atoms with Gasteiger partial charge in [0.15, 0.2) is 5.82 Å². The number of hydrogen-bond acceptors (Lipinski definition) is 4. The highest BCUT2D eigenvalue weighted by molar-refractivity contribution is 6.29. The van der Waals surface area contributed by atoms with E-state index in [9.17, 15) is 0 Å². The molecule has 1 aliphatic heterocycles. The SMILES string of the molecule is CCOCc1nc(Cl)cc(N2CCCC(CC)C2)n1. The lowest BCUT2D eigenvalue weighted by Gasteiger charge is -2.33. The first-order chi connectivity index (χ1) is 9.22. The predicted octanol–water partition coefficient (Wildman–Crippen LogP) is 3.29. The molecule has 0 radical (unpaired) electrons. The molecule has 0 aliphatic carbocycles. The molecule has 19 heavy (non-hydrogen) atoms. The fraction of sp³-hybridized carbons (Fsp3) is 0.714. The van der Waals surface area contributed by atoms with Gasteiger partial charge in [0, 0.05) is 25.8 Å². The molecular weight excluding hydrogens is 262 g/mol. The van der Waals surface area contributed by atoms with Crippen LogP contribution in [0.5, 0.6) is 0 Å². The summed E-state index contributed by atoms with van der Waals surface area (Å²) in [5, 5.41) is 0.498. The van der Waals surface area contributed by atoms with Gasteiger partial charge >= 0.3 is 0 Å². The quantitative estimate of drug-likeness (QED) is 0.777. The lowest BCUT2D eigenvalue weighted by atomic mass is 9.96. The average Bonchev–Trinajstić information content (AvgIpc) is 2.44. The van der Waals surface area contributed by atoms with Gasteiger partial charge in [0.1, 0.15) is 17.6 Å². The molecule has 106 valence electrons. The Bertz CT molecular complexity index is 414. The Labute approximate surface area is 120 Å². The van der Waals surface area contributed by atoms with Crippen molar-refractivity contribution in [3.63, 3.8) is 0 Å². The molecule has 4 nitrogen and oxygen atoms in total. The standard InChI is InChI=1S/C14H22ClN3O/c1-3-11-6-5-7-18(9-11)14-8-12(15)16-13(17-14)10-19-4-2/h8,11H,3-7,9-10H2,1-2H3. The first-order valence-electron chi connectivity index (χ1n) is 7.09. The Kier molecular flexibility index (Phi) is 5.40. The molecule has 5 heteroatoms. The Morgan fingerprint density at radius 2 is 2.26 bits per heavy atom. The van der Waals surface area contributed by atoms with E-state index in [2.05, 4.69) is 21.8 Å². The van der Waals surface area contributed by atoms with Crippen molar-refractivity contribution in [1.29, 1.82) is 0 Å². The van der Waals surface area contributed by atoms with Gasteiger partial charge in [-0.15, -0.1) is 0 Å². The van der Waals surface area contributed by atoms with Crippen molar-refractivity contribution in [2.75, 3.05) is 24.6 Å². The molecule has 1 aromatic heterocycles. The summed E-state index contributed by atoms with van der Waals surface area (Å²) in [4.78, 5) is 11.1. The van der Waals surface area contributed by atoms with Gasteiger partial charge < -0.3 is 9.64 Å². The van der Waals surface area contributed by atoms with E-state index >= 15 is 0 Å². The second-order valence-electron chi connectivity index (χ2n) is 4.96. The summed E-state index contributed by atoms with van der Waals surface area (Å²) in [7, 11) is 0. The number of nitrogens with zero attached hydrogens (tertiary/aromatic N) is 3. The van der Waals surface area contributed by atoms with E-state index in [0.717, 1.165) is 24.8 Å². The van der Waals surface area contributed by atoms with Crippen LogP contribution < -0.4 is 4.90 Å². The molecule has 0 saturated carbocycles. The van der Waals surface area contributed by atoms with Crippen LogP contribution in [-0.2, 0) is 11.3 Å². The van der Waals surface area contributed by atoms with Crippen LogP contribution in [0.2, 0.25) is 5.15 Å². The molecule has 1 unspecified atom stereocenters. The summed E-state index contributed by atoms with van der Waals surface area (Å²) >= 11 is 6.09. The average molecular weight is 284 g/mol. The second-order valence-corrected chi connectivity index (χ2v) is 5.35. The van der Waals surface area contributed by atoms with Gasteiger partial charge in [-0.05, 0) is 25.7 Å². The number of aromatic nitrogens is 2. The predicted molar refractivity (Wildman–Crippen MR) is 77.6 cm³/mol. The smallest absolute Gasteiger partial charge is 0.158 e. The van der Waals surface area contributed by atoms with Gasteiger partial charge in [-0.1, -0.05) is 24.9 Å². The van der Waals surface area contributed by atoms with E-state index < -0.39 is 0 Å². The van der Waals surface area contributed by atoms with Crippen molar-refractivity contribution in [3.05, 3.63) is 17.0 Å². The second kappa shape index (κ2) is 7.06. The highest BCUT2D eigenvalue weighted by atomic mass is 35.5. The zero-order valence-corrected chi connectivity index (χ0v) is 12.5. The fourth-order valence-electron chi connectivity index (χ4n) is 2.48. The van der Waals surface area contributed by atoms with Gasteiger partial charge in [0.05, 0.1) is 0 Å².